The predicted molar refractivity (Wildman–Crippen MR) is 64.5 cm³/mol. The Kier molecular flexibility index (Phi) is 5.54. The number of thioether (sulfide) groups is 1. The van der Waals surface area contributed by atoms with Crippen LogP contribution < -0.4 is 10.6 Å². The molecule has 1 atom stereocenters. The summed E-state index contributed by atoms with van der Waals surface area (Å²) in [5.74, 6) is 1.61. The van der Waals surface area contributed by atoms with Gasteiger partial charge in [0, 0.05) is 18.1 Å². The fourth-order valence-electron chi connectivity index (χ4n) is 1.52. The minimum atomic E-state index is -0.888. The minimum absolute atomic E-state index is 0.142. The highest BCUT2D eigenvalue weighted by Crippen LogP contribution is 2.12. The van der Waals surface area contributed by atoms with Crippen LogP contribution >= 0.6 is 11.8 Å². The van der Waals surface area contributed by atoms with Crippen LogP contribution in [-0.2, 0) is 4.79 Å². The molecule has 0 aromatic heterocycles. The van der Waals surface area contributed by atoms with Crippen molar-refractivity contribution in [3.05, 3.63) is 0 Å². The lowest BCUT2D eigenvalue weighted by molar-refractivity contribution is -0.126. The van der Waals surface area contributed by atoms with E-state index in [2.05, 4.69) is 10.6 Å². The first-order valence-corrected chi connectivity index (χ1v) is 6.68. The monoisotopic (exact) mass is 248 g/mol. The van der Waals surface area contributed by atoms with Crippen molar-refractivity contribution in [3.8, 4) is 0 Å². The van der Waals surface area contributed by atoms with Crippen LogP contribution in [0.15, 0.2) is 0 Å². The summed E-state index contributed by atoms with van der Waals surface area (Å²) in [6.07, 6.45) is 0.506. The molecule has 0 aromatic rings. The van der Waals surface area contributed by atoms with Crippen molar-refractivity contribution in [2.75, 3.05) is 31.3 Å². The Morgan fingerprint density at radius 1 is 1.56 bits per heavy atom. The maximum absolute atomic E-state index is 11.9. The van der Waals surface area contributed by atoms with Crippen LogP contribution in [0.2, 0.25) is 0 Å². The van der Waals surface area contributed by atoms with Crippen molar-refractivity contribution in [2.45, 2.75) is 24.9 Å². The van der Waals surface area contributed by atoms with Crippen LogP contribution in [0, 0.1) is 0 Å². The first kappa shape index (κ1) is 13.8. The van der Waals surface area contributed by atoms with Gasteiger partial charge in [0.05, 0.1) is 24.8 Å². The van der Waals surface area contributed by atoms with Crippen molar-refractivity contribution >= 4 is 17.7 Å². The van der Waals surface area contributed by atoms with Crippen LogP contribution in [-0.4, -0.2) is 59.0 Å². The Labute approximate surface area is 100.0 Å². The summed E-state index contributed by atoms with van der Waals surface area (Å²) in [5, 5.41) is 24.3. The van der Waals surface area contributed by atoms with Crippen molar-refractivity contribution in [3.63, 3.8) is 0 Å². The van der Waals surface area contributed by atoms with Crippen LogP contribution in [0.1, 0.15) is 13.3 Å². The lowest BCUT2D eigenvalue weighted by Gasteiger charge is -2.32. The van der Waals surface area contributed by atoms with Gasteiger partial charge in [-0.3, -0.25) is 4.79 Å². The molecule has 0 bridgehead atoms. The van der Waals surface area contributed by atoms with Gasteiger partial charge in [0.1, 0.15) is 0 Å². The molecule has 16 heavy (non-hydrogen) atoms. The second-order valence-electron chi connectivity index (χ2n) is 4.02. The molecule has 1 heterocycles. The molecule has 1 amide bonds. The molecule has 0 spiro atoms. The molecule has 1 unspecified atom stereocenters. The Morgan fingerprint density at radius 2 is 2.25 bits per heavy atom. The third-order valence-corrected chi connectivity index (χ3v) is 3.97. The highest BCUT2D eigenvalue weighted by molar-refractivity contribution is 7.99. The lowest BCUT2D eigenvalue weighted by Crippen LogP contribution is -2.59. The van der Waals surface area contributed by atoms with Crippen LogP contribution in [0.4, 0.5) is 0 Å². The Morgan fingerprint density at radius 3 is 2.69 bits per heavy atom. The third-order valence-electron chi connectivity index (χ3n) is 2.91. The van der Waals surface area contributed by atoms with Crippen molar-refractivity contribution in [1.29, 1.82) is 0 Å². The van der Waals surface area contributed by atoms with Crippen LogP contribution in [0.5, 0.6) is 0 Å². The first-order chi connectivity index (χ1) is 7.67. The van der Waals surface area contributed by atoms with Gasteiger partial charge in [0.25, 0.3) is 0 Å². The molecule has 1 rings (SSSR count). The van der Waals surface area contributed by atoms with Crippen LogP contribution in [0.25, 0.3) is 0 Å². The molecule has 0 aromatic carbocycles. The van der Waals surface area contributed by atoms with E-state index in [0.717, 1.165) is 18.1 Å². The van der Waals surface area contributed by atoms with Crippen molar-refractivity contribution < 1.29 is 15.0 Å². The van der Waals surface area contributed by atoms with E-state index in [0.29, 0.717) is 6.42 Å². The van der Waals surface area contributed by atoms with E-state index in [1.165, 1.54) is 0 Å². The van der Waals surface area contributed by atoms with Gasteiger partial charge in [0.2, 0.25) is 5.91 Å². The van der Waals surface area contributed by atoms with E-state index in [9.17, 15) is 15.0 Å². The topological polar surface area (TPSA) is 81.6 Å². The molecule has 1 aliphatic rings. The number of aliphatic hydroxyl groups excluding tert-OH is 2. The number of nitrogens with one attached hydrogen (secondary N) is 2. The lowest BCUT2D eigenvalue weighted by atomic mass is 9.98. The zero-order valence-electron chi connectivity index (χ0n) is 9.53. The van der Waals surface area contributed by atoms with E-state index in [1.807, 2.05) is 6.92 Å². The highest BCUT2D eigenvalue weighted by Gasteiger charge is 2.31. The maximum Gasteiger partial charge on any atom is 0.238 e. The van der Waals surface area contributed by atoms with Gasteiger partial charge >= 0.3 is 0 Å². The summed E-state index contributed by atoms with van der Waals surface area (Å²) in [5.41, 5.74) is -0.888. The van der Waals surface area contributed by atoms with Crippen molar-refractivity contribution in [1.82, 2.24) is 10.6 Å². The number of carbonyl (C=O) groups excluding carboxylic acids is 1. The SMILES string of the molecule is CCC(CO)(CO)NC(=O)C1CSCCN1. The standard InChI is InChI=1S/C10H20N2O3S/c1-2-10(6-13,7-14)12-9(15)8-5-16-4-3-11-8/h8,11,13-14H,2-7H2,1H3,(H,12,15). The van der Waals surface area contributed by atoms with E-state index >= 15 is 0 Å². The van der Waals surface area contributed by atoms with Crippen molar-refractivity contribution in [2.24, 2.45) is 0 Å². The average Bonchev–Trinajstić information content (AvgIpc) is 2.37. The number of rotatable bonds is 5. The molecule has 0 saturated carbocycles. The summed E-state index contributed by atoms with van der Waals surface area (Å²) >= 11 is 1.73. The molecule has 4 N–H and O–H groups in total. The van der Waals surface area contributed by atoms with Gasteiger partial charge < -0.3 is 20.8 Å². The molecule has 1 fully saturated rings. The van der Waals surface area contributed by atoms with Crippen LogP contribution in [0.3, 0.4) is 0 Å². The second kappa shape index (κ2) is 6.44. The molecule has 1 aliphatic heterocycles. The van der Waals surface area contributed by atoms with E-state index in [4.69, 9.17) is 0 Å². The van der Waals surface area contributed by atoms with Gasteiger partial charge in [-0.15, -0.1) is 0 Å². The molecule has 1 saturated heterocycles. The molecular weight excluding hydrogens is 228 g/mol. The fraction of sp³-hybridized carbons (Fsp3) is 0.900. The smallest absolute Gasteiger partial charge is 0.238 e. The largest absolute Gasteiger partial charge is 0.394 e. The first-order valence-electron chi connectivity index (χ1n) is 5.52. The van der Waals surface area contributed by atoms with E-state index < -0.39 is 5.54 Å². The molecular formula is C10H20N2O3S. The number of hydrogen-bond acceptors (Lipinski definition) is 5. The summed E-state index contributed by atoms with van der Waals surface area (Å²) in [6, 6.07) is -0.220. The zero-order valence-corrected chi connectivity index (χ0v) is 10.3. The van der Waals surface area contributed by atoms with E-state index in [1.54, 1.807) is 11.8 Å². The normalized spacial score (nSPS) is 21.8. The fourth-order valence-corrected chi connectivity index (χ4v) is 2.46. The third kappa shape index (κ3) is 3.35. The quantitative estimate of drug-likeness (QED) is 0.499. The van der Waals surface area contributed by atoms with Gasteiger partial charge in [-0.25, -0.2) is 0 Å². The zero-order chi connectivity index (χ0) is 12.0. The summed E-state index contributed by atoms with van der Waals surface area (Å²) in [7, 11) is 0. The van der Waals surface area contributed by atoms with Gasteiger partial charge in [-0.2, -0.15) is 11.8 Å². The number of amides is 1. The number of hydrogen-bond donors (Lipinski definition) is 4. The summed E-state index contributed by atoms with van der Waals surface area (Å²) in [6.45, 7) is 2.16. The number of carbonyl (C=O) groups is 1. The number of aliphatic hydroxyl groups is 2. The Balaban J connectivity index is 2.53. The Bertz CT molecular complexity index is 220. The summed E-state index contributed by atoms with van der Waals surface area (Å²) in [4.78, 5) is 11.9. The highest BCUT2D eigenvalue weighted by atomic mass is 32.2. The predicted octanol–water partition coefficient (Wildman–Crippen LogP) is -1.06. The maximum atomic E-state index is 11.9. The molecule has 94 valence electrons. The molecule has 0 radical (unpaired) electrons. The van der Waals surface area contributed by atoms with Gasteiger partial charge in [-0.1, -0.05) is 6.92 Å². The van der Waals surface area contributed by atoms with E-state index in [-0.39, 0.29) is 25.2 Å². The Hall–Kier alpha value is -0.300. The second-order valence-corrected chi connectivity index (χ2v) is 5.17. The molecule has 6 heteroatoms. The molecule has 5 nitrogen and oxygen atoms in total. The minimum Gasteiger partial charge on any atom is -0.394 e. The van der Waals surface area contributed by atoms with Gasteiger partial charge in [-0.05, 0) is 6.42 Å². The summed E-state index contributed by atoms with van der Waals surface area (Å²) < 4.78 is 0. The molecule has 0 aliphatic carbocycles. The van der Waals surface area contributed by atoms with Gasteiger partial charge in [0.15, 0.2) is 0 Å². The average molecular weight is 248 g/mol.